The van der Waals surface area contributed by atoms with Gasteiger partial charge in [0.05, 0.1) is 0 Å². The van der Waals surface area contributed by atoms with Crippen LogP contribution in [0.1, 0.15) is 31.1 Å². The van der Waals surface area contributed by atoms with E-state index in [2.05, 4.69) is 0 Å². The van der Waals surface area contributed by atoms with Gasteiger partial charge in [-0.2, -0.15) is 0 Å². The summed E-state index contributed by atoms with van der Waals surface area (Å²) in [6.45, 7) is 7.27. The first-order valence-electron chi connectivity index (χ1n) is 7.32. The predicted molar refractivity (Wildman–Crippen MR) is 81.8 cm³/mol. The molecule has 1 heterocycles. The highest BCUT2D eigenvalue weighted by atomic mass is 16.6. The highest BCUT2D eigenvalue weighted by molar-refractivity contribution is 5.94. The third-order valence-electron chi connectivity index (χ3n) is 3.31. The number of hydrogen-bond acceptors (Lipinski definition) is 4. The van der Waals surface area contributed by atoms with Crippen molar-refractivity contribution >= 4 is 12.0 Å². The van der Waals surface area contributed by atoms with Crippen LogP contribution < -0.4 is 0 Å². The molecule has 22 heavy (non-hydrogen) atoms. The molecule has 120 valence electrons. The number of aromatic hydroxyl groups is 1. The van der Waals surface area contributed by atoms with Gasteiger partial charge in [0.1, 0.15) is 11.4 Å². The summed E-state index contributed by atoms with van der Waals surface area (Å²) < 4.78 is 5.32. The minimum Gasteiger partial charge on any atom is -0.508 e. The highest BCUT2D eigenvalue weighted by Crippen LogP contribution is 2.16. The predicted octanol–water partition coefficient (Wildman–Crippen LogP) is 2.09. The van der Waals surface area contributed by atoms with Crippen molar-refractivity contribution in [2.24, 2.45) is 0 Å². The van der Waals surface area contributed by atoms with Gasteiger partial charge in [0.2, 0.25) is 0 Å². The molecule has 0 unspecified atom stereocenters. The summed E-state index contributed by atoms with van der Waals surface area (Å²) in [6.07, 6.45) is -0.350. The van der Waals surface area contributed by atoms with E-state index in [0.29, 0.717) is 31.7 Å². The summed E-state index contributed by atoms with van der Waals surface area (Å²) >= 11 is 0. The van der Waals surface area contributed by atoms with Crippen LogP contribution in [0.3, 0.4) is 0 Å². The zero-order valence-corrected chi connectivity index (χ0v) is 13.2. The standard InChI is InChI=1S/C16H22N2O4/c1-16(2,3)22-15(21)18-9-7-17(8-10-18)14(20)12-5-4-6-13(19)11-12/h4-6,11,19H,7-10H2,1-3H3. The number of rotatable bonds is 1. The van der Waals surface area contributed by atoms with Gasteiger partial charge in [-0.1, -0.05) is 6.07 Å². The highest BCUT2D eigenvalue weighted by Gasteiger charge is 2.28. The summed E-state index contributed by atoms with van der Waals surface area (Å²) in [5.41, 5.74) is -0.0725. The molecule has 2 amide bonds. The van der Waals surface area contributed by atoms with Crippen molar-refractivity contribution in [1.82, 2.24) is 9.80 Å². The monoisotopic (exact) mass is 306 g/mol. The number of nitrogens with zero attached hydrogens (tertiary/aromatic N) is 2. The number of hydrogen-bond donors (Lipinski definition) is 1. The lowest BCUT2D eigenvalue weighted by Gasteiger charge is -2.35. The zero-order valence-electron chi connectivity index (χ0n) is 13.2. The molecule has 1 fully saturated rings. The summed E-state index contributed by atoms with van der Waals surface area (Å²) in [4.78, 5) is 27.6. The van der Waals surface area contributed by atoms with Gasteiger partial charge >= 0.3 is 6.09 Å². The topological polar surface area (TPSA) is 70.1 Å². The molecule has 1 N–H and O–H groups in total. The molecule has 0 radical (unpaired) electrons. The number of benzene rings is 1. The van der Waals surface area contributed by atoms with E-state index in [1.807, 2.05) is 20.8 Å². The van der Waals surface area contributed by atoms with E-state index in [1.165, 1.54) is 12.1 Å². The van der Waals surface area contributed by atoms with Crippen molar-refractivity contribution in [3.63, 3.8) is 0 Å². The van der Waals surface area contributed by atoms with Crippen molar-refractivity contribution in [1.29, 1.82) is 0 Å². The first-order valence-corrected chi connectivity index (χ1v) is 7.32. The Morgan fingerprint density at radius 1 is 1.09 bits per heavy atom. The van der Waals surface area contributed by atoms with E-state index in [4.69, 9.17) is 4.74 Å². The fourth-order valence-electron chi connectivity index (χ4n) is 2.24. The quantitative estimate of drug-likeness (QED) is 0.862. The minimum absolute atomic E-state index is 0.0678. The Hall–Kier alpha value is -2.24. The smallest absolute Gasteiger partial charge is 0.410 e. The molecule has 0 atom stereocenters. The second-order valence-electron chi connectivity index (χ2n) is 6.31. The summed E-state index contributed by atoms with van der Waals surface area (Å²) in [5, 5.41) is 9.44. The number of phenols is 1. The Labute approximate surface area is 130 Å². The number of amides is 2. The van der Waals surface area contributed by atoms with Gasteiger partial charge in [-0.25, -0.2) is 4.79 Å². The van der Waals surface area contributed by atoms with Crippen molar-refractivity contribution < 1.29 is 19.4 Å². The van der Waals surface area contributed by atoms with Crippen LogP contribution in [0.5, 0.6) is 5.75 Å². The van der Waals surface area contributed by atoms with Gasteiger partial charge in [-0.3, -0.25) is 4.79 Å². The number of carbonyl (C=O) groups excluding carboxylic acids is 2. The van der Waals surface area contributed by atoms with Crippen molar-refractivity contribution in [2.45, 2.75) is 26.4 Å². The van der Waals surface area contributed by atoms with Gasteiger partial charge in [-0.05, 0) is 39.0 Å². The maximum atomic E-state index is 12.3. The van der Waals surface area contributed by atoms with Gasteiger partial charge in [-0.15, -0.1) is 0 Å². The van der Waals surface area contributed by atoms with Crippen molar-refractivity contribution in [2.75, 3.05) is 26.2 Å². The Morgan fingerprint density at radius 2 is 1.68 bits per heavy atom. The largest absolute Gasteiger partial charge is 0.508 e. The van der Waals surface area contributed by atoms with Crippen LogP contribution >= 0.6 is 0 Å². The van der Waals surface area contributed by atoms with E-state index in [9.17, 15) is 14.7 Å². The molecule has 2 rings (SSSR count). The molecule has 0 spiro atoms. The first kappa shape index (κ1) is 16.1. The zero-order chi connectivity index (χ0) is 16.3. The van der Waals surface area contributed by atoms with Crippen LogP contribution in [0.2, 0.25) is 0 Å². The number of phenolic OH excluding ortho intramolecular Hbond substituents is 1. The number of carbonyl (C=O) groups is 2. The van der Waals surface area contributed by atoms with Gasteiger partial charge in [0.15, 0.2) is 0 Å². The Balaban J connectivity index is 1.92. The van der Waals surface area contributed by atoms with E-state index in [0.717, 1.165) is 0 Å². The third kappa shape index (κ3) is 4.13. The fraction of sp³-hybridized carbons (Fsp3) is 0.500. The summed E-state index contributed by atoms with van der Waals surface area (Å²) in [6, 6.07) is 6.28. The maximum Gasteiger partial charge on any atom is 0.410 e. The van der Waals surface area contributed by atoms with Crippen LogP contribution in [0.4, 0.5) is 4.79 Å². The molecule has 0 saturated carbocycles. The van der Waals surface area contributed by atoms with E-state index in [1.54, 1.807) is 21.9 Å². The average Bonchev–Trinajstić information content (AvgIpc) is 2.45. The first-order chi connectivity index (χ1) is 10.3. The molecule has 0 aromatic heterocycles. The Bertz CT molecular complexity index is 558. The van der Waals surface area contributed by atoms with Crippen LogP contribution in [0, 0.1) is 0 Å². The molecule has 1 aliphatic rings. The van der Waals surface area contributed by atoms with Crippen LogP contribution in [0.15, 0.2) is 24.3 Å². The normalized spacial score (nSPS) is 15.6. The Morgan fingerprint density at radius 3 is 2.23 bits per heavy atom. The molecule has 1 aromatic rings. The lowest BCUT2D eigenvalue weighted by atomic mass is 10.1. The van der Waals surface area contributed by atoms with Crippen LogP contribution in [0.25, 0.3) is 0 Å². The molecular weight excluding hydrogens is 284 g/mol. The lowest BCUT2D eigenvalue weighted by Crippen LogP contribution is -2.51. The molecule has 1 aromatic carbocycles. The molecule has 1 saturated heterocycles. The molecule has 1 aliphatic heterocycles. The Kier molecular flexibility index (Phi) is 4.59. The van der Waals surface area contributed by atoms with Crippen molar-refractivity contribution in [3.8, 4) is 5.75 Å². The number of ether oxygens (including phenoxy) is 1. The second kappa shape index (κ2) is 6.25. The minimum atomic E-state index is -0.522. The van der Waals surface area contributed by atoms with Gasteiger partial charge in [0, 0.05) is 31.7 Å². The second-order valence-corrected chi connectivity index (χ2v) is 6.31. The third-order valence-corrected chi connectivity index (χ3v) is 3.31. The fourth-order valence-corrected chi connectivity index (χ4v) is 2.24. The van der Waals surface area contributed by atoms with Crippen LogP contribution in [-0.4, -0.2) is 58.7 Å². The molecule has 0 bridgehead atoms. The molecule has 6 nitrogen and oxygen atoms in total. The van der Waals surface area contributed by atoms with Gasteiger partial charge in [0.25, 0.3) is 5.91 Å². The molecular formula is C16H22N2O4. The summed E-state index contributed by atoms with van der Waals surface area (Å²) in [7, 11) is 0. The van der Waals surface area contributed by atoms with Gasteiger partial charge < -0.3 is 19.6 Å². The maximum absolute atomic E-state index is 12.3. The SMILES string of the molecule is CC(C)(C)OC(=O)N1CCN(C(=O)c2cccc(O)c2)CC1. The molecule has 0 aliphatic carbocycles. The van der Waals surface area contributed by atoms with E-state index < -0.39 is 5.60 Å². The number of piperazine rings is 1. The summed E-state index contributed by atoms with van der Waals surface area (Å²) in [5.74, 6) is -0.0713. The van der Waals surface area contributed by atoms with E-state index in [-0.39, 0.29) is 17.7 Å². The van der Waals surface area contributed by atoms with Crippen molar-refractivity contribution in [3.05, 3.63) is 29.8 Å². The average molecular weight is 306 g/mol. The lowest BCUT2D eigenvalue weighted by molar-refractivity contribution is 0.0141. The van der Waals surface area contributed by atoms with E-state index >= 15 is 0 Å². The van der Waals surface area contributed by atoms with Crippen LogP contribution in [-0.2, 0) is 4.74 Å². The molecule has 6 heteroatoms.